The van der Waals surface area contributed by atoms with Crippen molar-refractivity contribution >= 4 is 98.5 Å². The number of hydrogen-bond acceptors (Lipinski definition) is 4. The second kappa shape index (κ2) is 16.0. The molecule has 0 saturated heterocycles. The molecule has 0 unspecified atom stereocenters. The Hall–Kier alpha value is -8.24. The number of para-hydroxylation sites is 3. The van der Waals surface area contributed by atoms with E-state index >= 15 is 0 Å². The Balaban J connectivity index is 0.00000457. The number of pyridine rings is 1. The number of fused-ring (bicyclic) bond motifs is 13. The van der Waals surface area contributed by atoms with Crippen molar-refractivity contribution in [1.29, 1.82) is 0 Å². The first-order chi connectivity index (χ1) is 33.2. The molecule has 13 aromatic rings. The fourth-order valence-electron chi connectivity index (χ4n) is 10.4. The van der Waals surface area contributed by atoms with Gasteiger partial charge in [-0.2, -0.15) is 12.1 Å². The van der Waals surface area contributed by atoms with Gasteiger partial charge in [-0.1, -0.05) is 151 Å². The minimum absolute atomic E-state index is 0. The van der Waals surface area contributed by atoms with Crippen molar-refractivity contribution < 1.29 is 25.8 Å². The Kier molecular flexibility index (Phi) is 9.42. The van der Waals surface area contributed by atoms with E-state index in [0.717, 1.165) is 66.7 Å². The van der Waals surface area contributed by atoms with Gasteiger partial charge in [-0.05, 0) is 91.3 Å². The van der Waals surface area contributed by atoms with Gasteiger partial charge in [-0.25, -0.2) is 4.98 Å². The summed E-state index contributed by atoms with van der Waals surface area (Å²) in [6.45, 7) is 2.13. The van der Waals surface area contributed by atoms with Crippen molar-refractivity contribution in [2.75, 3.05) is 9.80 Å². The van der Waals surface area contributed by atoms with Gasteiger partial charge in [0.1, 0.15) is 5.82 Å². The molecule has 11 aromatic carbocycles. The largest absolute Gasteiger partial charge is 0.509 e. The predicted molar refractivity (Wildman–Crippen MR) is 277 cm³/mol. The average molecular weight is 1050 g/mol. The molecule has 0 aliphatic carbocycles. The van der Waals surface area contributed by atoms with Crippen LogP contribution in [0.25, 0.3) is 92.7 Å². The SMILES string of the molecule is [Pt].[c-]1c(Oc2[c-]c3c(cc2)c2ccccc2n3-c2nc3ccc4ccc5ccccc5c4c3c3c2ccc2ccccc23)cccc1N1[CH-]N(c2ccc(-c3ccccc3)cc2)c2ccccc21. The van der Waals surface area contributed by atoms with Gasteiger partial charge < -0.3 is 19.1 Å². The Labute approximate surface area is 407 Å². The molecular weight excluding hydrogens is 1010 g/mol. The maximum Gasteiger partial charge on any atom is 0.144 e. The van der Waals surface area contributed by atoms with Gasteiger partial charge in [0.15, 0.2) is 0 Å². The zero-order valence-corrected chi connectivity index (χ0v) is 38.6. The van der Waals surface area contributed by atoms with Gasteiger partial charge in [-0.15, -0.1) is 48.1 Å². The maximum atomic E-state index is 6.73. The number of nitrogens with zero attached hydrogens (tertiary/aromatic N) is 4. The molecule has 0 fully saturated rings. The third-order valence-corrected chi connectivity index (χ3v) is 13.4. The summed E-state index contributed by atoms with van der Waals surface area (Å²) in [5, 5.41) is 12.8. The molecule has 0 saturated carbocycles. The average Bonchev–Trinajstić information content (AvgIpc) is 3.94. The zero-order valence-electron chi connectivity index (χ0n) is 36.4. The van der Waals surface area contributed by atoms with Crippen molar-refractivity contribution in [2.24, 2.45) is 0 Å². The summed E-state index contributed by atoms with van der Waals surface area (Å²) in [6.07, 6.45) is 0. The van der Waals surface area contributed by atoms with E-state index < -0.39 is 0 Å². The molecule has 1 aliphatic rings. The topological polar surface area (TPSA) is 33.5 Å². The van der Waals surface area contributed by atoms with Gasteiger partial charge in [0.2, 0.25) is 0 Å². The molecule has 0 radical (unpaired) electrons. The quantitative estimate of drug-likeness (QED) is 0.123. The van der Waals surface area contributed by atoms with Crippen LogP contribution >= 0.6 is 0 Å². The third kappa shape index (κ3) is 6.31. The fourth-order valence-corrected chi connectivity index (χ4v) is 10.4. The Morgan fingerprint density at radius 3 is 1.84 bits per heavy atom. The summed E-state index contributed by atoms with van der Waals surface area (Å²) in [5.41, 5.74) is 9.34. The normalized spacial score (nSPS) is 12.5. The van der Waals surface area contributed by atoms with Crippen molar-refractivity contribution in [3.63, 3.8) is 0 Å². The molecule has 0 atom stereocenters. The van der Waals surface area contributed by atoms with Crippen molar-refractivity contribution in [1.82, 2.24) is 9.55 Å². The van der Waals surface area contributed by atoms with Gasteiger partial charge in [-0.3, -0.25) is 0 Å². The van der Waals surface area contributed by atoms with Crippen LogP contribution in [-0.2, 0) is 21.1 Å². The first-order valence-electron chi connectivity index (χ1n) is 22.6. The second-order valence-electron chi connectivity index (χ2n) is 17.2. The van der Waals surface area contributed by atoms with Crippen molar-refractivity contribution in [2.45, 2.75) is 0 Å². The van der Waals surface area contributed by atoms with Crippen LogP contribution in [-0.4, -0.2) is 9.55 Å². The third-order valence-electron chi connectivity index (χ3n) is 13.4. The monoisotopic (exact) mass is 1050 g/mol. The molecule has 0 amide bonds. The molecule has 1 aliphatic heterocycles. The fraction of sp³-hybridized carbons (Fsp3) is 0. The van der Waals surface area contributed by atoms with E-state index in [4.69, 9.17) is 9.72 Å². The summed E-state index contributed by atoms with van der Waals surface area (Å²) in [4.78, 5) is 10.0. The number of benzene rings is 11. The number of hydrogen-bond donors (Lipinski definition) is 0. The molecule has 0 bridgehead atoms. The summed E-state index contributed by atoms with van der Waals surface area (Å²) < 4.78 is 9.01. The number of ether oxygens (including phenoxy) is 1. The van der Waals surface area contributed by atoms with Gasteiger partial charge >= 0.3 is 0 Å². The van der Waals surface area contributed by atoms with Crippen LogP contribution in [0.4, 0.5) is 22.7 Å². The minimum atomic E-state index is 0. The molecule has 324 valence electrons. The van der Waals surface area contributed by atoms with Gasteiger partial charge in [0.05, 0.1) is 5.52 Å². The van der Waals surface area contributed by atoms with Crippen LogP contribution in [0.1, 0.15) is 0 Å². The summed E-state index contributed by atoms with van der Waals surface area (Å²) in [7, 11) is 0. The van der Waals surface area contributed by atoms with Crippen LogP contribution in [0.3, 0.4) is 0 Å². The van der Waals surface area contributed by atoms with Gasteiger partial charge in [0, 0.05) is 71.3 Å². The molecule has 6 heteroatoms. The summed E-state index contributed by atoms with van der Waals surface area (Å²) >= 11 is 0. The zero-order chi connectivity index (χ0) is 44.0. The smallest absolute Gasteiger partial charge is 0.144 e. The van der Waals surface area contributed by atoms with E-state index in [-0.39, 0.29) is 21.1 Å². The van der Waals surface area contributed by atoms with Crippen LogP contribution in [0.5, 0.6) is 11.5 Å². The molecule has 14 rings (SSSR count). The Bertz CT molecular complexity index is 4130. The van der Waals surface area contributed by atoms with Gasteiger partial charge in [0.25, 0.3) is 0 Å². The standard InChI is InChI=1S/C62H37N4O.Pt/c1-2-13-40(14-3-1)41-27-31-45(32-28-41)64-39-65(57-24-11-10-23-56(57)64)46-17-12-18-47(37-46)67-48-33-35-52-51-21-8-9-22-55(51)66(58(52)38-48)62-53-34-29-43-16-5-7-20-50(43)60(53)61-54(63-62)36-30-44-26-25-42-15-4-6-19-49(42)59(44)61;/h1-36,39H;/q-3;. The van der Waals surface area contributed by atoms with E-state index in [0.29, 0.717) is 11.5 Å². The Morgan fingerprint density at radius 2 is 1.03 bits per heavy atom. The van der Waals surface area contributed by atoms with Crippen LogP contribution in [0.15, 0.2) is 218 Å². The van der Waals surface area contributed by atoms with E-state index in [1.54, 1.807) is 0 Å². The van der Waals surface area contributed by atoms with Crippen molar-refractivity contribution in [3.8, 4) is 28.4 Å². The van der Waals surface area contributed by atoms with E-state index in [1.165, 1.54) is 48.8 Å². The first kappa shape index (κ1) is 40.1. The molecule has 0 N–H and O–H groups in total. The first-order valence-corrected chi connectivity index (χ1v) is 22.6. The van der Waals surface area contributed by atoms with Crippen molar-refractivity contribution in [3.05, 3.63) is 237 Å². The summed E-state index contributed by atoms with van der Waals surface area (Å²) in [5.74, 6) is 2.03. The van der Waals surface area contributed by atoms with Crippen LogP contribution < -0.4 is 14.5 Å². The van der Waals surface area contributed by atoms with E-state index in [9.17, 15) is 0 Å². The summed E-state index contributed by atoms with van der Waals surface area (Å²) in [6, 6.07) is 84.5. The van der Waals surface area contributed by atoms with Crippen LogP contribution in [0.2, 0.25) is 0 Å². The maximum absolute atomic E-state index is 6.73. The second-order valence-corrected chi connectivity index (χ2v) is 17.2. The molecule has 0 spiro atoms. The van der Waals surface area contributed by atoms with E-state index in [1.807, 2.05) is 24.3 Å². The van der Waals surface area contributed by atoms with E-state index in [2.05, 4.69) is 227 Å². The molecule has 2 aromatic heterocycles. The molecular formula is C62H37N4OPt-3. The minimum Gasteiger partial charge on any atom is -0.509 e. The molecule has 68 heavy (non-hydrogen) atoms. The number of rotatable bonds is 6. The van der Waals surface area contributed by atoms with Crippen LogP contribution in [0, 0.1) is 18.8 Å². The predicted octanol–water partition coefficient (Wildman–Crippen LogP) is 16.4. The molecule has 3 heterocycles. The molecule has 5 nitrogen and oxygen atoms in total. The number of anilines is 4. The Morgan fingerprint density at radius 1 is 0.412 bits per heavy atom. The number of aromatic nitrogens is 2.